The first-order valence-corrected chi connectivity index (χ1v) is 8.91. The first-order valence-electron chi connectivity index (χ1n) is 8.91. The van der Waals surface area contributed by atoms with Gasteiger partial charge in [0, 0.05) is 11.1 Å². The summed E-state index contributed by atoms with van der Waals surface area (Å²) in [6.07, 6.45) is 0.835. The minimum Gasteiger partial charge on any atom is -0.497 e. The molecule has 1 heterocycles. The molecule has 4 aromatic rings. The maximum atomic E-state index is 13.3. The van der Waals surface area contributed by atoms with Gasteiger partial charge in [0.1, 0.15) is 11.6 Å². The topological polar surface area (TPSA) is 22.1 Å². The molecule has 0 aliphatic rings. The summed E-state index contributed by atoms with van der Waals surface area (Å²) in [6.45, 7) is 1.99. The molecule has 0 fully saturated rings. The summed E-state index contributed by atoms with van der Waals surface area (Å²) in [5.41, 5.74) is 6.41. The highest BCUT2D eigenvalue weighted by Gasteiger charge is 2.08. The second-order valence-electron chi connectivity index (χ2n) is 6.69. The number of hydrogen-bond donors (Lipinski definition) is 0. The maximum Gasteiger partial charge on any atom is 0.123 e. The lowest BCUT2D eigenvalue weighted by atomic mass is 9.97. The Morgan fingerprint density at radius 3 is 2.26 bits per heavy atom. The highest BCUT2D eigenvalue weighted by Crippen LogP contribution is 2.30. The highest BCUT2D eigenvalue weighted by atomic mass is 19.1. The number of methoxy groups -OCH3 is 1. The number of halogens is 1. The first-order chi connectivity index (χ1) is 13.1. The number of hydrogen-bond acceptors (Lipinski definition) is 2. The van der Waals surface area contributed by atoms with E-state index in [-0.39, 0.29) is 5.82 Å². The van der Waals surface area contributed by atoms with Crippen LogP contribution in [0, 0.1) is 12.7 Å². The lowest BCUT2D eigenvalue weighted by molar-refractivity contribution is 0.414. The van der Waals surface area contributed by atoms with Crippen LogP contribution in [0.1, 0.15) is 16.8 Å². The molecule has 0 amide bonds. The van der Waals surface area contributed by atoms with Crippen molar-refractivity contribution in [1.29, 1.82) is 0 Å². The summed E-state index contributed by atoms with van der Waals surface area (Å²) in [7, 11) is 1.67. The number of aryl methyl sites for hydroxylation is 1. The standard InChI is InChI=1S/C24H20FNO/c1-16-13-23(19-6-8-20(25)9-7-19)22-12-5-18(15-24(22)26-16)14-17-3-10-21(27-2)11-4-17/h3-13,15H,14H2,1-2H3. The summed E-state index contributed by atoms with van der Waals surface area (Å²) < 4.78 is 18.5. The van der Waals surface area contributed by atoms with Crippen LogP contribution in [0.2, 0.25) is 0 Å². The van der Waals surface area contributed by atoms with Gasteiger partial charge < -0.3 is 4.74 Å². The Bertz CT molecular complexity index is 1090. The fourth-order valence-corrected chi connectivity index (χ4v) is 3.36. The zero-order chi connectivity index (χ0) is 18.8. The number of fused-ring (bicyclic) bond motifs is 1. The van der Waals surface area contributed by atoms with Crippen LogP contribution >= 0.6 is 0 Å². The van der Waals surface area contributed by atoms with Gasteiger partial charge in [-0.05, 0) is 72.0 Å². The SMILES string of the molecule is COc1ccc(Cc2ccc3c(-c4ccc(F)cc4)cc(C)nc3c2)cc1. The van der Waals surface area contributed by atoms with E-state index in [0.717, 1.165) is 39.9 Å². The van der Waals surface area contributed by atoms with Gasteiger partial charge in [-0.1, -0.05) is 36.4 Å². The fourth-order valence-electron chi connectivity index (χ4n) is 3.36. The monoisotopic (exact) mass is 357 g/mol. The fraction of sp³-hybridized carbons (Fsp3) is 0.125. The van der Waals surface area contributed by atoms with Crippen molar-refractivity contribution < 1.29 is 9.13 Å². The van der Waals surface area contributed by atoms with Crippen LogP contribution in [0.3, 0.4) is 0 Å². The van der Waals surface area contributed by atoms with Gasteiger partial charge in [-0.25, -0.2) is 4.39 Å². The molecule has 0 radical (unpaired) electrons. The molecule has 0 atom stereocenters. The minimum atomic E-state index is -0.226. The van der Waals surface area contributed by atoms with Crippen molar-refractivity contribution in [3.63, 3.8) is 0 Å². The lowest BCUT2D eigenvalue weighted by Gasteiger charge is -2.10. The molecule has 0 aliphatic heterocycles. The average Bonchev–Trinajstić information content (AvgIpc) is 2.68. The van der Waals surface area contributed by atoms with Gasteiger partial charge in [-0.2, -0.15) is 0 Å². The summed E-state index contributed by atoms with van der Waals surface area (Å²) >= 11 is 0. The maximum absolute atomic E-state index is 13.3. The number of benzene rings is 3. The Hall–Kier alpha value is -3.20. The molecule has 0 N–H and O–H groups in total. The third kappa shape index (κ3) is 3.68. The molecule has 0 aliphatic carbocycles. The van der Waals surface area contributed by atoms with Crippen LogP contribution in [-0.2, 0) is 6.42 Å². The van der Waals surface area contributed by atoms with E-state index in [1.54, 1.807) is 7.11 Å². The van der Waals surface area contributed by atoms with Crippen LogP contribution in [0.4, 0.5) is 4.39 Å². The average molecular weight is 357 g/mol. The van der Waals surface area contributed by atoms with Crippen LogP contribution in [0.5, 0.6) is 5.75 Å². The summed E-state index contributed by atoms with van der Waals surface area (Å²) in [5.74, 6) is 0.633. The van der Waals surface area contributed by atoms with E-state index in [2.05, 4.69) is 36.4 Å². The van der Waals surface area contributed by atoms with Crippen molar-refractivity contribution in [2.75, 3.05) is 7.11 Å². The molecule has 0 spiro atoms. The van der Waals surface area contributed by atoms with Gasteiger partial charge >= 0.3 is 0 Å². The number of aromatic nitrogens is 1. The highest BCUT2D eigenvalue weighted by molar-refractivity contribution is 5.95. The van der Waals surface area contributed by atoms with E-state index in [4.69, 9.17) is 9.72 Å². The van der Waals surface area contributed by atoms with Crippen LogP contribution in [-0.4, -0.2) is 12.1 Å². The molecule has 3 aromatic carbocycles. The smallest absolute Gasteiger partial charge is 0.123 e. The summed E-state index contributed by atoms with van der Waals surface area (Å²) in [6, 6.07) is 23.2. The predicted molar refractivity (Wildman–Crippen MR) is 108 cm³/mol. The molecule has 0 saturated heterocycles. The van der Waals surface area contributed by atoms with Gasteiger partial charge in [0.05, 0.1) is 12.6 Å². The summed E-state index contributed by atoms with van der Waals surface area (Å²) in [4.78, 5) is 4.71. The predicted octanol–water partition coefficient (Wildman–Crippen LogP) is 5.95. The molecule has 0 unspecified atom stereocenters. The molecule has 0 saturated carbocycles. The van der Waals surface area contributed by atoms with Crippen molar-refractivity contribution in [2.45, 2.75) is 13.3 Å². The van der Waals surface area contributed by atoms with E-state index in [1.807, 2.05) is 31.2 Å². The molecule has 4 rings (SSSR count). The number of pyridine rings is 1. The van der Waals surface area contributed by atoms with Crippen LogP contribution in [0.25, 0.3) is 22.0 Å². The normalized spacial score (nSPS) is 10.9. The minimum absolute atomic E-state index is 0.226. The van der Waals surface area contributed by atoms with E-state index >= 15 is 0 Å². The Morgan fingerprint density at radius 2 is 1.56 bits per heavy atom. The van der Waals surface area contributed by atoms with Crippen LogP contribution < -0.4 is 4.74 Å². The summed E-state index contributed by atoms with van der Waals surface area (Å²) in [5, 5.41) is 1.07. The second kappa shape index (κ2) is 7.20. The van der Waals surface area contributed by atoms with E-state index in [1.165, 1.54) is 23.3 Å². The molecule has 134 valence electrons. The van der Waals surface area contributed by atoms with Crippen molar-refractivity contribution in [2.24, 2.45) is 0 Å². The van der Waals surface area contributed by atoms with E-state index in [0.29, 0.717) is 0 Å². The Labute approximate surface area is 158 Å². The van der Waals surface area contributed by atoms with Crippen molar-refractivity contribution in [3.05, 3.63) is 95.4 Å². The van der Waals surface area contributed by atoms with Crippen molar-refractivity contribution in [1.82, 2.24) is 4.98 Å². The van der Waals surface area contributed by atoms with Crippen LogP contribution in [0.15, 0.2) is 72.8 Å². The molecule has 3 heteroatoms. The zero-order valence-corrected chi connectivity index (χ0v) is 15.4. The Morgan fingerprint density at radius 1 is 0.852 bits per heavy atom. The third-order valence-corrected chi connectivity index (χ3v) is 4.72. The van der Waals surface area contributed by atoms with Crippen molar-refractivity contribution in [3.8, 4) is 16.9 Å². The molecule has 2 nitrogen and oxygen atoms in total. The van der Waals surface area contributed by atoms with Gasteiger partial charge in [-0.3, -0.25) is 4.98 Å². The zero-order valence-electron chi connectivity index (χ0n) is 15.4. The first kappa shape index (κ1) is 17.2. The van der Waals surface area contributed by atoms with Gasteiger partial charge in [0.15, 0.2) is 0 Å². The number of nitrogens with zero attached hydrogens (tertiary/aromatic N) is 1. The van der Waals surface area contributed by atoms with Crippen molar-refractivity contribution >= 4 is 10.9 Å². The number of rotatable bonds is 4. The molecule has 0 bridgehead atoms. The second-order valence-corrected chi connectivity index (χ2v) is 6.69. The van der Waals surface area contributed by atoms with Gasteiger partial charge in [0.25, 0.3) is 0 Å². The Kier molecular flexibility index (Phi) is 4.59. The van der Waals surface area contributed by atoms with E-state index < -0.39 is 0 Å². The molecular formula is C24H20FNO. The Balaban J connectivity index is 1.72. The lowest BCUT2D eigenvalue weighted by Crippen LogP contribution is -1.93. The molecular weight excluding hydrogens is 337 g/mol. The van der Waals surface area contributed by atoms with E-state index in [9.17, 15) is 4.39 Å². The van der Waals surface area contributed by atoms with Gasteiger partial charge in [-0.15, -0.1) is 0 Å². The number of ether oxygens (including phenoxy) is 1. The quantitative estimate of drug-likeness (QED) is 0.450. The van der Waals surface area contributed by atoms with Gasteiger partial charge in [0.2, 0.25) is 0 Å². The molecule has 1 aromatic heterocycles. The third-order valence-electron chi connectivity index (χ3n) is 4.72. The largest absolute Gasteiger partial charge is 0.497 e. The molecule has 27 heavy (non-hydrogen) atoms.